The highest BCUT2D eigenvalue weighted by molar-refractivity contribution is 7.99. The Bertz CT molecular complexity index is 1050. The Labute approximate surface area is 182 Å². The zero-order chi connectivity index (χ0) is 21.7. The summed E-state index contributed by atoms with van der Waals surface area (Å²) in [7, 11) is 0. The maximum absolute atomic E-state index is 12.8. The molecule has 0 spiro atoms. The Morgan fingerprint density at radius 3 is 2.77 bits per heavy atom. The molecule has 3 rings (SSSR count). The molecule has 1 saturated heterocycles. The number of aromatic amines is 1. The van der Waals surface area contributed by atoms with Crippen LogP contribution in [0.5, 0.6) is 0 Å². The van der Waals surface area contributed by atoms with E-state index in [1.54, 1.807) is 36.1 Å². The molecule has 156 valence electrons. The van der Waals surface area contributed by atoms with Crippen LogP contribution < -0.4 is 10.9 Å². The first-order valence-electron chi connectivity index (χ1n) is 9.25. The number of benzene rings is 1. The zero-order valence-electron chi connectivity index (χ0n) is 16.6. The predicted molar refractivity (Wildman–Crippen MR) is 117 cm³/mol. The number of nitrogens with one attached hydrogen (secondary N) is 2. The molecule has 1 fully saturated rings. The molecule has 0 bridgehead atoms. The number of anilines is 1. The lowest BCUT2D eigenvalue weighted by Crippen LogP contribution is -2.44. The molecule has 2 aromatic rings. The molecule has 1 aliphatic rings. The van der Waals surface area contributed by atoms with Gasteiger partial charge in [-0.25, -0.2) is 4.98 Å². The van der Waals surface area contributed by atoms with E-state index >= 15 is 0 Å². The highest BCUT2D eigenvalue weighted by Crippen LogP contribution is 2.24. The second-order valence-electron chi connectivity index (χ2n) is 6.70. The topological polar surface area (TPSA) is 119 Å². The molecule has 2 N–H and O–H groups in total. The van der Waals surface area contributed by atoms with Gasteiger partial charge in [-0.1, -0.05) is 11.8 Å². The molecule has 8 nitrogen and oxygen atoms in total. The molecule has 1 atom stereocenters. The van der Waals surface area contributed by atoms with Gasteiger partial charge in [0.25, 0.3) is 5.56 Å². The second-order valence-corrected chi connectivity index (χ2v) is 8.49. The average molecular weight is 444 g/mol. The number of carbonyl (C=O) groups is 2. The first-order chi connectivity index (χ1) is 14.4. The van der Waals surface area contributed by atoms with E-state index in [9.17, 15) is 14.4 Å². The molecule has 0 saturated carbocycles. The van der Waals surface area contributed by atoms with Gasteiger partial charge in [-0.3, -0.25) is 14.4 Å². The van der Waals surface area contributed by atoms with Crippen molar-refractivity contribution < 1.29 is 9.59 Å². The summed E-state index contributed by atoms with van der Waals surface area (Å²) in [4.78, 5) is 46.3. The van der Waals surface area contributed by atoms with Crippen molar-refractivity contribution in [3.8, 4) is 6.07 Å². The minimum Gasteiger partial charge on any atom is -0.324 e. The van der Waals surface area contributed by atoms with Gasteiger partial charge in [-0.05, 0) is 43.9 Å². The number of thioether (sulfide) groups is 2. The SMILES string of the molecule is CSc1nc(C)c(CCC(=O)N2CSCC2C(=O)Nc2ccc(C#N)cc2)c(=O)[nH]1. The summed E-state index contributed by atoms with van der Waals surface area (Å²) in [5.41, 5.74) is 1.95. The van der Waals surface area contributed by atoms with E-state index in [-0.39, 0.29) is 30.2 Å². The first kappa shape index (κ1) is 21.9. The zero-order valence-corrected chi connectivity index (χ0v) is 18.2. The third-order valence-corrected chi connectivity index (χ3v) is 6.36. The number of aromatic nitrogens is 2. The van der Waals surface area contributed by atoms with Gasteiger partial charge in [0, 0.05) is 29.1 Å². The van der Waals surface area contributed by atoms with Crippen LogP contribution in [0.1, 0.15) is 23.2 Å². The number of rotatable bonds is 6. The smallest absolute Gasteiger partial charge is 0.254 e. The predicted octanol–water partition coefficient (Wildman–Crippen LogP) is 2.14. The van der Waals surface area contributed by atoms with Gasteiger partial charge in [-0.15, -0.1) is 11.8 Å². The van der Waals surface area contributed by atoms with Crippen molar-refractivity contribution in [2.24, 2.45) is 0 Å². The largest absolute Gasteiger partial charge is 0.324 e. The van der Waals surface area contributed by atoms with Crippen LogP contribution in [0.2, 0.25) is 0 Å². The summed E-state index contributed by atoms with van der Waals surface area (Å²) in [5, 5.41) is 12.2. The quantitative estimate of drug-likeness (QED) is 0.519. The number of hydrogen-bond acceptors (Lipinski definition) is 7. The number of carbonyl (C=O) groups excluding carboxylic acids is 2. The number of hydrogen-bond donors (Lipinski definition) is 2. The van der Waals surface area contributed by atoms with Gasteiger partial charge >= 0.3 is 0 Å². The lowest BCUT2D eigenvalue weighted by atomic mass is 10.1. The first-order valence-corrected chi connectivity index (χ1v) is 11.6. The third-order valence-electron chi connectivity index (χ3n) is 4.77. The van der Waals surface area contributed by atoms with Crippen LogP contribution in [0.15, 0.2) is 34.2 Å². The summed E-state index contributed by atoms with van der Waals surface area (Å²) in [6.07, 6.45) is 2.23. The Kier molecular flexibility index (Phi) is 7.18. The summed E-state index contributed by atoms with van der Waals surface area (Å²) < 4.78 is 0. The van der Waals surface area contributed by atoms with Gasteiger partial charge in [0.1, 0.15) is 6.04 Å². The van der Waals surface area contributed by atoms with Crippen LogP contribution in [0.25, 0.3) is 0 Å². The molecule has 1 aromatic carbocycles. The van der Waals surface area contributed by atoms with E-state index in [1.165, 1.54) is 23.5 Å². The van der Waals surface area contributed by atoms with E-state index in [1.807, 2.05) is 12.3 Å². The van der Waals surface area contributed by atoms with E-state index in [4.69, 9.17) is 5.26 Å². The van der Waals surface area contributed by atoms with Crippen LogP contribution >= 0.6 is 23.5 Å². The van der Waals surface area contributed by atoms with Gasteiger partial charge in [0.15, 0.2) is 5.16 Å². The normalized spacial score (nSPS) is 15.6. The second kappa shape index (κ2) is 9.82. The molecule has 1 aromatic heterocycles. The summed E-state index contributed by atoms with van der Waals surface area (Å²) in [5.74, 6) is 0.506. The molecule has 0 aliphatic carbocycles. The monoisotopic (exact) mass is 443 g/mol. The van der Waals surface area contributed by atoms with Crippen molar-refractivity contribution in [1.29, 1.82) is 5.26 Å². The molecular formula is C20H21N5O3S2. The standard InChI is InChI=1S/C20H21N5O3S2/c1-12-15(18(27)24-20(22-12)29-2)7-8-17(26)25-11-30-10-16(25)19(28)23-14-5-3-13(9-21)4-6-14/h3-6,16H,7-8,10-11H2,1-2H3,(H,23,28)(H,22,24,27). The van der Waals surface area contributed by atoms with E-state index in [2.05, 4.69) is 15.3 Å². The fourth-order valence-electron chi connectivity index (χ4n) is 3.11. The van der Waals surface area contributed by atoms with Gasteiger partial charge in [0.05, 0.1) is 17.5 Å². The number of nitriles is 1. The minimum absolute atomic E-state index is 0.130. The van der Waals surface area contributed by atoms with Crippen molar-refractivity contribution in [3.05, 3.63) is 51.4 Å². The van der Waals surface area contributed by atoms with Gasteiger partial charge < -0.3 is 15.2 Å². The molecular weight excluding hydrogens is 422 g/mol. The summed E-state index contributed by atoms with van der Waals surface area (Å²) >= 11 is 2.87. The van der Waals surface area contributed by atoms with E-state index in [0.717, 1.165) is 0 Å². The van der Waals surface area contributed by atoms with Crippen molar-refractivity contribution in [2.75, 3.05) is 23.2 Å². The van der Waals surface area contributed by atoms with E-state index in [0.29, 0.717) is 39.3 Å². The number of H-pyrrole nitrogens is 1. The van der Waals surface area contributed by atoms with Gasteiger partial charge in [0.2, 0.25) is 11.8 Å². The summed E-state index contributed by atoms with van der Waals surface area (Å²) in [6.45, 7) is 1.76. The van der Waals surface area contributed by atoms with Gasteiger partial charge in [-0.2, -0.15) is 5.26 Å². The van der Waals surface area contributed by atoms with Crippen molar-refractivity contribution in [1.82, 2.24) is 14.9 Å². The molecule has 2 heterocycles. The number of amides is 2. The minimum atomic E-state index is -0.575. The van der Waals surface area contributed by atoms with Crippen molar-refractivity contribution in [2.45, 2.75) is 31.0 Å². The molecule has 1 unspecified atom stereocenters. The molecule has 0 radical (unpaired) electrons. The van der Waals surface area contributed by atoms with E-state index < -0.39 is 6.04 Å². The lowest BCUT2D eigenvalue weighted by Gasteiger charge is -2.23. The fraction of sp³-hybridized carbons (Fsp3) is 0.350. The van der Waals surface area contributed by atoms with Crippen LogP contribution in [-0.4, -0.2) is 50.6 Å². The maximum Gasteiger partial charge on any atom is 0.254 e. The van der Waals surface area contributed by atoms with Crippen molar-refractivity contribution >= 4 is 41.0 Å². The maximum atomic E-state index is 12.8. The third kappa shape index (κ3) is 5.04. The van der Waals surface area contributed by atoms with Crippen LogP contribution in [0.3, 0.4) is 0 Å². The molecule has 1 aliphatic heterocycles. The highest BCUT2D eigenvalue weighted by atomic mass is 32.2. The number of nitrogens with zero attached hydrogens (tertiary/aromatic N) is 3. The molecule has 30 heavy (non-hydrogen) atoms. The highest BCUT2D eigenvalue weighted by Gasteiger charge is 2.34. The fourth-order valence-corrected chi connectivity index (χ4v) is 4.71. The summed E-state index contributed by atoms with van der Waals surface area (Å²) in [6, 6.07) is 8.01. The molecule has 10 heteroatoms. The lowest BCUT2D eigenvalue weighted by molar-refractivity contribution is -0.136. The Morgan fingerprint density at radius 1 is 1.40 bits per heavy atom. The molecule has 2 amide bonds. The van der Waals surface area contributed by atoms with Crippen LogP contribution in [-0.2, 0) is 16.0 Å². The van der Waals surface area contributed by atoms with Crippen LogP contribution in [0.4, 0.5) is 5.69 Å². The Balaban J connectivity index is 1.63. The Hall–Kier alpha value is -2.77. The van der Waals surface area contributed by atoms with Crippen LogP contribution in [0, 0.1) is 18.3 Å². The van der Waals surface area contributed by atoms with Crippen molar-refractivity contribution in [3.63, 3.8) is 0 Å². The number of aryl methyl sites for hydroxylation is 1. The average Bonchev–Trinajstić information content (AvgIpc) is 3.23. The Morgan fingerprint density at radius 2 is 2.13 bits per heavy atom.